The minimum atomic E-state index is -4.75. The second kappa shape index (κ2) is 9.26. The summed E-state index contributed by atoms with van der Waals surface area (Å²) in [4.78, 5) is 17.3. The fourth-order valence-corrected chi connectivity index (χ4v) is 3.97. The Kier molecular flexibility index (Phi) is 6.54. The molecule has 4 rings (SSSR count). The number of ether oxygens (including phenoxy) is 2. The number of benzene rings is 2. The molecule has 7 nitrogen and oxygen atoms in total. The van der Waals surface area contributed by atoms with Crippen LogP contribution in [0.5, 0.6) is 11.5 Å². The predicted molar refractivity (Wildman–Crippen MR) is 126 cm³/mol. The topological polar surface area (TPSA) is 77.8 Å². The van der Waals surface area contributed by atoms with Crippen LogP contribution in [0.25, 0.3) is 16.9 Å². The first-order valence-corrected chi connectivity index (χ1v) is 11.2. The van der Waals surface area contributed by atoms with Crippen LogP contribution in [0.4, 0.5) is 18.9 Å². The van der Waals surface area contributed by atoms with Crippen LogP contribution in [0.3, 0.4) is 0 Å². The maximum Gasteiger partial charge on any atom is 0.433 e. The van der Waals surface area contributed by atoms with Gasteiger partial charge in [0, 0.05) is 16.1 Å². The summed E-state index contributed by atoms with van der Waals surface area (Å²) in [5.41, 5.74) is -0.660. The Morgan fingerprint density at radius 1 is 1.03 bits per heavy atom. The van der Waals surface area contributed by atoms with Crippen LogP contribution in [0.15, 0.2) is 57.5 Å². The third kappa shape index (κ3) is 4.60. The zero-order chi connectivity index (χ0) is 24.6. The van der Waals surface area contributed by atoms with E-state index in [1.807, 2.05) is 0 Å². The highest BCUT2D eigenvalue weighted by Gasteiger charge is 2.36. The van der Waals surface area contributed by atoms with Crippen molar-refractivity contribution in [2.45, 2.75) is 6.18 Å². The van der Waals surface area contributed by atoms with Crippen molar-refractivity contribution in [3.8, 4) is 22.8 Å². The third-order valence-corrected chi connectivity index (χ3v) is 6.09. The number of rotatable bonds is 5. The van der Waals surface area contributed by atoms with Crippen LogP contribution in [-0.4, -0.2) is 34.7 Å². The number of hydrogen-bond donors (Lipinski definition) is 1. The lowest BCUT2D eigenvalue weighted by molar-refractivity contribution is -0.142. The Morgan fingerprint density at radius 3 is 2.35 bits per heavy atom. The first kappa shape index (κ1) is 24.0. The molecule has 0 unspecified atom stereocenters. The molecular weight excluding hydrogens is 585 g/mol. The number of fused-ring (bicyclic) bond motifs is 1. The highest BCUT2D eigenvalue weighted by Crippen LogP contribution is 2.35. The number of halogens is 5. The third-order valence-electron chi connectivity index (χ3n) is 4.84. The van der Waals surface area contributed by atoms with Crippen LogP contribution in [0, 0.1) is 0 Å². The Labute approximate surface area is 208 Å². The number of amides is 1. The summed E-state index contributed by atoms with van der Waals surface area (Å²) >= 11 is 6.51. The van der Waals surface area contributed by atoms with E-state index in [1.54, 1.807) is 42.5 Å². The smallest absolute Gasteiger partial charge is 0.433 e. The lowest BCUT2D eigenvalue weighted by Crippen LogP contribution is -2.16. The van der Waals surface area contributed by atoms with Gasteiger partial charge in [-0.3, -0.25) is 4.79 Å². The Morgan fingerprint density at radius 2 is 1.74 bits per heavy atom. The van der Waals surface area contributed by atoms with Gasteiger partial charge >= 0.3 is 6.18 Å². The number of alkyl halides is 3. The molecule has 0 aliphatic carbocycles. The molecule has 2 aromatic carbocycles. The van der Waals surface area contributed by atoms with Crippen LogP contribution in [0.2, 0.25) is 0 Å². The predicted octanol–water partition coefficient (Wildman–Crippen LogP) is 6.21. The average Bonchev–Trinajstić information content (AvgIpc) is 3.15. The molecule has 0 radical (unpaired) electrons. The number of methoxy groups -OCH3 is 2. The van der Waals surface area contributed by atoms with Crippen molar-refractivity contribution in [2.75, 3.05) is 19.5 Å². The van der Waals surface area contributed by atoms with Gasteiger partial charge in [-0.15, -0.1) is 0 Å². The molecule has 0 aliphatic heterocycles. The summed E-state index contributed by atoms with van der Waals surface area (Å²) in [6, 6.07) is 12.3. The number of aromatic nitrogens is 3. The summed E-state index contributed by atoms with van der Waals surface area (Å²) in [6.45, 7) is 0. The molecule has 176 valence electrons. The standard InChI is InChI=1S/C22H15Br2F3N4O3/c1-33-13-7-8-14(16(9-13)34-2)29-21(32)19-18(24)20-28-15(11-3-5-12(23)6-4-11)10-17(22(25,26)27)31(20)30-19/h3-10H,1-2H3,(H,29,32). The number of hydrogen-bond acceptors (Lipinski definition) is 5. The van der Waals surface area contributed by atoms with Gasteiger partial charge in [0.2, 0.25) is 0 Å². The molecule has 0 fully saturated rings. The molecule has 4 aromatic rings. The van der Waals surface area contributed by atoms with Gasteiger partial charge in [0.15, 0.2) is 17.0 Å². The molecule has 0 spiro atoms. The SMILES string of the molecule is COc1ccc(NC(=O)c2nn3c(C(F)(F)F)cc(-c4ccc(Br)cc4)nc3c2Br)c(OC)c1. The zero-order valence-corrected chi connectivity index (χ0v) is 20.7. The van der Waals surface area contributed by atoms with E-state index < -0.39 is 17.8 Å². The molecule has 0 atom stereocenters. The monoisotopic (exact) mass is 598 g/mol. The van der Waals surface area contributed by atoms with E-state index in [9.17, 15) is 18.0 Å². The van der Waals surface area contributed by atoms with E-state index in [0.29, 0.717) is 21.6 Å². The summed E-state index contributed by atoms with van der Waals surface area (Å²) in [5.74, 6) is 0.0571. The van der Waals surface area contributed by atoms with Crippen molar-refractivity contribution in [3.05, 3.63) is 68.9 Å². The summed E-state index contributed by atoms with van der Waals surface area (Å²) in [5, 5.41) is 6.52. The van der Waals surface area contributed by atoms with Crippen molar-refractivity contribution < 1.29 is 27.4 Å². The highest BCUT2D eigenvalue weighted by molar-refractivity contribution is 9.11. The van der Waals surface area contributed by atoms with Gasteiger partial charge < -0.3 is 14.8 Å². The molecule has 2 heterocycles. The van der Waals surface area contributed by atoms with Crippen molar-refractivity contribution >= 4 is 49.1 Å². The second-order valence-electron chi connectivity index (χ2n) is 6.95. The molecule has 0 aliphatic rings. The Balaban J connectivity index is 1.81. The van der Waals surface area contributed by atoms with Gasteiger partial charge in [0.25, 0.3) is 5.91 Å². The van der Waals surface area contributed by atoms with E-state index in [2.05, 4.69) is 47.3 Å². The maximum atomic E-state index is 13.9. The van der Waals surface area contributed by atoms with Crippen molar-refractivity contribution in [1.29, 1.82) is 0 Å². The number of anilines is 1. The van der Waals surface area contributed by atoms with Crippen LogP contribution >= 0.6 is 31.9 Å². The van der Waals surface area contributed by atoms with Crippen molar-refractivity contribution in [3.63, 3.8) is 0 Å². The van der Waals surface area contributed by atoms with E-state index in [1.165, 1.54) is 14.2 Å². The minimum Gasteiger partial charge on any atom is -0.497 e. The summed E-state index contributed by atoms with van der Waals surface area (Å²) < 4.78 is 53.5. The average molecular weight is 600 g/mol. The largest absolute Gasteiger partial charge is 0.497 e. The van der Waals surface area contributed by atoms with Gasteiger partial charge in [0.1, 0.15) is 11.5 Å². The van der Waals surface area contributed by atoms with Crippen LogP contribution in [-0.2, 0) is 6.18 Å². The number of nitrogens with one attached hydrogen (secondary N) is 1. The van der Waals surface area contributed by atoms with Gasteiger partial charge in [-0.2, -0.15) is 18.3 Å². The number of nitrogens with zero attached hydrogens (tertiary/aromatic N) is 3. The summed E-state index contributed by atoms with van der Waals surface area (Å²) in [6.07, 6.45) is -4.75. The zero-order valence-electron chi connectivity index (χ0n) is 17.6. The molecule has 0 saturated carbocycles. The van der Waals surface area contributed by atoms with Gasteiger partial charge in [-0.1, -0.05) is 28.1 Å². The number of carbonyl (C=O) groups excluding carboxylic acids is 1. The number of carbonyl (C=O) groups is 1. The van der Waals surface area contributed by atoms with E-state index in [4.69, 9.17) is 9.47 Å². The van der Waals surface area contributed by atoms with Crippen molar-refractivity contribution in [1.82, 2.24) is 14.6 Å². The molecule has 1 N–H and O–H groups in total. The van der Waals surface area contributed by atoms with E-state index >= 15 is 0 Å². The first-order valence-electron chi connectivity index (χ1n) is 9.58. The second-order valence-corrected chi connectivity index (χ2v) is 8.66. The highest BCUT2D eigenvalue weighted by atomic mass is 79.9. The van der Waals surface area contributed by atoms with Crippen LogP contribution < -0.4 is 14.8 Å². The van der Waals surface area contributed by atoms with E-state index in [0.717, 1.165) is 10.5 Å². The molecule has 1 amide bonds. The molecule has 12 heteroatoms. The lowest BCUT2D eigenvalue weighted by Gasteiger charge is -2.11. The molecule has 0 bridgehead atoms. The lowest BCUT2D eigenvalue weighted by atomic mass is 10.1. The van der Waals surface area contributed by atoms with Crippen molar-refractivity contribution in [2.24, 2.45) is 0 Å². The fourth-order valence-electron chi connectivity index (χ4n) is 3.19. The Bertz CT molecular complexity index is 1390. The minimum absolute atomic E-state index is 0.0157. The maximum absolute atomic E-state index is 13.9. The quantitative estimate of drug-likeness (QED) is 0.295. The Hall–Kier alpha value is -3.12. The summed E-state index contributed by atoms with van der Waals surface area (Å²) in [7, 11) is 2.89. The van der Waals surface area contributed by atoms with Gasteiger partial charge in [-0.05, 0) is 46.3 Å². The van der Waals surface area contributed by atoms with Gasteiger partial charge in [0.05, 0.1) is 30.1 Å². The van der Waals surface area contributed by atoms with Crippen LogP contribution in [0.1, 0.15) is 16.2 Å². The normalized spacial score (nSPS) is 11.5. The molecule has 34 heavy (non-hydrogen) atoms. The molecular formula is C22H15Br2F3N4O3. The van der Waals surface area contributed by atoms with E-state index in [-0.39, 0.29) is 27.2 Å². The fraction of sp³-hybridized carbons (Fsp3) is 0.136. The van der Waals surface area contributed by atoms with Gasteiger partial charge in [-0.25, -0.2) is 9.50 Å². The molecule has 2 aromatic heterocycles. The molecule has 0 saturated heterocycles. The first-order chi connectivity index (χ1) is 16.1.